The van der Waals surface area contributed by atoms with Crippen molar-refractivity contribution in [3.63, 3.8) is 0 Å². The summed E-state index contributed by atoms with van der Waals surface area (Å²) in [6, 6.07) is 21.0. The molecule has 0 aliphatic carbocycles. The number of allylic oxidation sites excluding steroid dienone is 1. The van der Waals surface area contributed by atoms with Crippen molar-refractivity contribution < 1.29 is 23.7 Å². The van der Waals surface area contributed by atoms with Crippen LogP contribution in [0.3, 0.4) is 0 Å². The topological polar surface area (TPSA) is 92.4 Å². The standard InChI is InChI=1S/C23H28N2O4.C9H12O/c1-5-28-23(26)14-21(16(2)17-9-11-19(27-4)12-10-17)22(25-3)15-29-20-8-6-7-18(24)13-20;1-7-4-5-9(10-3)8(2)6-7/h6-13H,5,14-15,24H2,1-4H3;4-6H,1-3H3/b21-16+,25-22?;. The predicted molar refractivity (Wildman–Crippen MR) is 159 cm³/mol. The molecule has 3 rings (SSSR count). The Labute approximate surface area is 232 Å². The second-order valence-electron chi connectivity index (χ2n) is 8.82. The van der Waals surface area contributed by atoms with E-state index in [0.717, 1.165) is 28.2 Å². The van der Waals surface area contributed by atoms with Crippen LogP contribution in [0.1, 0.15) is 37.0 Å². The fourth-order valence-electron chi connectivity index (χ4n) is 3.89. The molecule has 0 bridgehead atoms. The summed E-state index contributed by atoms with van der Waals surface area (Å²) in [5.41, 5.74) is 12.3. The van der Waals surface area contributed by atoms with Crippen LogP contribution in [-0.2, 0) is 9.53 Å². The third-order valence-electron chi connectivity index (χ3n) is 6.00. The van der Waals surface area contributed by atoms with Crippen molar-refractivity contribution >= 4 is 22.9 Å². The maximum Gasteiger partial charge on any atom is 0.310 e. The highest BCUT2D eigenvalue weighted by molar-refractivity contribution is 6.09. The van der Waals surface area contributed by atoms with Crippen LogP contribution in [-0.4, -0.2) is 46.2 Å². The molecule has 3 aromatic rings. The molecule has 208 valence electrons. The Morgan fingerprint density at radius 2 is 1.64 bits per heavy atom. The summed E-state index contributed by atoms with van der Waals surface area (Å²) in [4.78, 5) is 16.6. The number of nitrogen functional groups attached to an aromatic ring is 1. The SMILES string of the molecule is CCOC(=O)C/C(C(COc1cccc(N)c1)=NC)=C(/C)c1ccc(OC)cc1.COc1ccc(C)cc1C. The number of anilines is 1. The van der Waals surface area contributed by atoms with Gasteiger partial charge < -0.3 is 24.7 Å². The van der Waals surface area contributed by atoms with Gasteiger partial charge in [0, 0.05) is 18.8 Å². The summed E-state index contributed by atoms with van der Waals surface area (Å²) >= 11 is 0. The maximum absolute atomic E-state index is 12.2. The summed E-state index contributed by atoms with van der Waals surface area (Å²) in [7, 11) is 5.00. The highest BCUT2D eigenvalue weighted by Crippen LogP contribution is 2.25. The van der Waals surface area contributed by atoms with Crippen LogP contribution < -0.4 is 19.9 Å². The molecule has 0 unspecified atom stereocenters. The molecule has 3 aromatic carbocycles. The van der Waals surface area contributed by atoms with Crippen molar-refractivity contribution in [2.24, 2.45) is 4.99 Å². The van der Waals surface area contributed by atoms with Crippen molar-refractivity contribution in [1.29, 1.82) is 0 Å². The van der Waals surface area contributed by atoms with Gasteiger partial charge in [-0.1, -0.05) is 35.9 Å². The number of ether oxygens (including phenoxy) is 4. The molecule has 0 amide bonds. The minimum absolute atomic E-state index is 0.110. The van der Waals surface area contributed by atoms with Crippen LogP contribution in [0, 0.1) is 13.8 Å². The van der Waals surface area contributed by atoms with E-state index in [1.807, 2.05) is 62.4 Å². The summed E-state index contributed by atoms with van der Waals surface area (Å²) in [5.74, 6) is 2.07. The molecular formula is C32H40N2O5. The van der Waals surface area contributed by atoms with Crippen molar-refractivity contribution in [1.82, 2.24) is 0 Å². The van der Waals surface area contributed by atoms with Crippen molar-refractivity contribution in [2.45, 2.75) is 34.1 Å². The Morgan fingerprint density at radius 1 is 0.923 bits per heavy atom. The first kappa shape index (κ1) is 31.0. The minimum atomic E-state index is -0.305. The van der Waals surface area contributed by atoms with Gasteiger partial charge in [-0.25, -0.2) is 0 Å². The molecule has 0 aromatic heterocycles. The molecule has 0 fully saturated rings. The average molecular weight is 533 g/mol. The quantitative estimate of drug-likeness (QED) is 0.183. The van der Waals surface area contributed by atoms with Crippen LogP contribution in [0.4, 0.5) is 5.69 Å². The van der Waals surface area contributed by atoms with E-state index in [1.54, 1.807) is 40.3 Å². The van der Waals surface area contributed by atoms with E-state index in [2.05, 4.69) is 18.0 Å². The summed E-state index contributed by atoms with van der Waals surface area (Å²) in [6.45, 7) is 8.41. The number of benzene rings is 3. The lowest BCUT2D eigenvalue weighted by Crippen LogP contribution is -2.19. The molecule has 0 saturated carbocycles. The van der Waals surface area contributed by atoms with E-state index >= 15 is 0 Å². The molecule has 0 aliphatic heterocycles. The Bertz CT molecular complexity index is 1280. The molecule has 0 saturated heterocycles. The molecule has 0 radical (unpaired) electrons. The van der Waals surface area contributed by atoms with Crippen molar-refractivity contribution in [3.8, 4) is 17.2 Å². The van der Waals surface area contributed by atoms with Crippen LogP contribution in [0.2, 0.25) is 0 Å². The van der Waals surface area contributed by atoms with E-state index in [4.69, 9.17) is 24.7 Å². The highest BCUT2D eigenvalue weighted by Gasteiger charge is 2.17. The van der Waals surface area contributed by atoms with Crippen LogP contribution in [0.25, 0.3) is 5.57 Å². The Balaban J connectivity index is 0.000000446. The third-order valence-corrected chi connectivity index (χ3v) is 6.00. The van der Waals surface area contributed by atoms with Gasteiger partial charge in [0.2, 0.25) is 0 Å². The maximum atomic E-state index is 12.2. The molecule has 0 aliphatic rings. The Morgan fingerprint density at radius 3 is 2.21 bits per heavy atom. The molecule has 39 heavy (non-hydrogen) atoms. The zero-order valence-electron chi connectivity index (χ0n) is 24.0. The van der Waals surface area contributed by atoms with Crippen LogP contribution in [0.5, 0.6) is 17.2 Å². The van der Waals surface area contributed by atoms with Gasteiger partial charge in [-0.3, -0.25) is 9.79 Å². The summed E-state index contributed by atoms with van der Waals surface area (Å²) in [6.07, 6.45) is 0.110. The zero-order valence-corrected chi connectivity index (χ0v) is 24.0. The van der Waals surface area contributed by atoms with Gasteiger partial charge in [0.1, 0.15) is 23.9 Å². The van der Waals surface area contributed by atoms with E-state index in [-0.39, 0.29) is 19.0 Å². The molecular weight excluding hydrogens is 492 g/mol. The van der Waals surface area contributed by atoms with E-state index < -0.39 is 0 Å². The first-order valence-corrected chi connectivity index (χ1v) is 12.8. The van der Waals surface area contributed by atoms with Gasteiger partial charge >= 0.3 is 5.97 Å². The van der Waals surface area contributed by atoms with Crippen molar-refractivity contribution in [2.75, 3.05) is 40.2 Å². The number of esters is 1. The Hall–Kier alpha value is -4.26. The smallest absolute Gasteiger partial charge is 0.310 e. The number of nitrogens with two attached hydrogens (primary N) is 1. The van der Waals surface area contributed by atoms with Gasteiger partial charge in [-0.15, -0.1) is 0 Å². The van der Waals surface area contributed by atoms with Gasteiger partial charge in [0.25, 0.3) is 0 Å². The second kappa shape index (κ2) is 15.9. The number of methoxy groups -OCH3 is 2. The number of rotatable bonds is 10. The van der Waals surface area contributed by atoms with E-state index in [1.165, 1.54) is 11.1 Å². The summed E-state index contributed by atoms with van der Waals surface area (Å²) in [5, 5.41) is 0. The summed E-state index contributed by atoms with van der Waals surface area (Å²) < 4.78 is 21.4. The number of carbonyl (C=O) groups is 1. The second-order valence-corrected chi connectivity index (χ2v) is 8.82. The fourth-order valence-corrected chi connectivity index (χ4v) is 3.89. The lowest BCUT2D eigenvalue weighted by Gasteiger charge is -2.16. The minimum Gasteiger partial charge on any atom is -0.497 e. The lowest BCUT2D eigenvalue weighted by atomic mass is 9.95. The van der Waals surface area contributed by atoms with Crippen LogP contribution in [0.15, 0.2) is 77.3 Å². The normalized spacial score (nSPS) is 11.5. The average Bonchev–Trinajstić information content (AvgIpc) is 2.93. The number of hydrogen-bond donors (Lipinski definition) is 1. The lowest BCUT2D eigenvalue weighted by molar-refractivity contribution is -0.142. The van der Waals surface area contributed by atoms with E-state index in [9.17, 15) is 4.79 Å². The molecule has 0 atom stereocenters. The Kier molecular flexibility index (Phi) is 12.6. The number of aryl methyl sites for hydroxylation is 2. The van der Waals surface area contributed by atoms with Gasteiger partial charge in [0.15, 0.2) is 0 Å². The molecule has 0 heterocycles. The van der Waals surface area contributed by atoms with Gasteiger partial charge in [-0.05, 0) is 80.3 Å². The van der Waals surface area contributed by atoms with Crippen LogP contribution >= 0.6 is 0 Å². The molecule has 7 nitrogen and oxygen atoms in total. The number of carbonyl (C=O) groups excluding carboxylic acids is 1. The monoisotopic (exact) mass is 532 g/mol. The van der Waals surface area contributed by atoms with Crippen molar-refractivity contribution in [3.05, 3.63) is 89.0 Å². The number of hydrogen-bond acceptors (Lipinski definition) is 7. The third kappa shape index (κ3) is 9.85. The number of nitrogens with zero attached hydrogens (tertiary/aromatic N) is 1. The number of aliphatic imine (C=N–C) groups is 1. The highest BCUT2D eigenvalue weighted by atomic mass is 16.5. The predicted octanol–water partition coefficient (Wildman–Crippen LogP) is 6.47. The van der Waals surface area contributed by atoms with Gasteiger partial charge in [0.05, 0.1) is 33.0 Å². The van der Waals surface area contributed by atoms with Gasteiger partial charge in [-0.2, -0.15) is 0 Å². The first-order valence-electron chi connectivity index (χ1n) is 12.8. The molecule has 0 spiro atoms. The zero-order chi connectivity index (χ0) is 28.8. The first-order chi connectivity index (χ1) is 18.7. The fraction of sp³-hybridized carbons (Fsp3) is 0.312. The molecule has 2 N–H and O–H groups in total. The largest absolute Gasteiger partial charge is 0.497 e. The molecule has 7 heteroatoms. The van der Waals surface area contributed by atoms with E-state index in [0.29, 0.717) is 23.8 Å².